The van der Waals surface area contributed by atoms with Crippen molar-refractivity contribution in [2.45, 2.75) is 20.8 Å². The summed E-state index contributed by atoms with van der Waals surface area (Å²) in [6.07, 6.45) is 0. The summed E-state index contributed by atoms with van der Waals surface area (Å²) >= 11 is 0. The maximum Gasteiger partial charge on any atom is 0.455 e. The van der Waals surface area contributed by atoms with Gasteiger partial charge in [0.25, 0.3) is 0 Å². The third-order valence-electron chi connectivity index (χ3n) is 3.35. The zero-order valence-corrected chi connectivity index (χ0v) is 16.7. The number of hydrogen-bond donors (Lipinski definition) is 0. The van der Waals surface area contributed by atoms with Crippen molar-refractivity contribution in [1.82, 2.24) is 0 Å². The molecule has 0 N–H and O–H groups in total. The molecule has 25 heavy (non-hydrogen) atoms. The first-order valence-corrected chi connectivity index (χ1v) is 11.5. The van der Waals surface area contributed by atoms with E-state index in [0.29, 0.717) is 6.61 Å². The Labute approximate surface area is 150 Å². The molecule has 7 heteroatoms. The smallest absolute Gasteiger partial charge is 0.337 e. The fourth-order valence-corrected chi connectivity index (χ4v) is 7.97. The van der Waals surface area contributed by atoms with E-state index < -0.39 is 15.0 Å². The number of hydrogen-bond acceptors (Lipinski definition) is 4. The zero-order valence-electron chi connectivity index (χ0n) is 14.9. The lowest BCUT2D eigenvalue weighted by atomic mass is 10.4. The van der Waals surface area contributed by atoms with Crippen molar-refractivity contribution >= 4 is 25.6 Å². The summed E-state index contributed by atoms with van der Waals surface area (Å²) in [6, 6.07) is 19.3. The van der Waals surface area contributed by atoms with E-state index in [1.807, 2.05) is 67.6 Å². The van der Waals surface area contributed by atoms with E-state index in [2.05, 4.69) is 4.52 Å². The second kappa shape index (κ2) is 9.47. The lowest BCUT2D eigenvalue weighted by Gasteiger charge is -2.27. The van der Waals surface area contributed by atoms with E-state index in [4.69, 9.17) is 13.6 Å². The molecular formula is C18H25NO4P2. The van der Waals surface area contributed by atoms with E-state index in [0.717, 1.165) is 10.6 Å². The first-order valence-electron chi connectivity index (χ1n) is 8.39. The standard InChI is InChI=1S/C18H25NO4P2/c1-4-21-24(17-13-9-7-10-14-17,18-15-11-8-12-16-18)19-25(20,22-5-2)23-6-3/h7-16H,4-6H2,1-3H3. The minimum atomic E-state index is -3.65. The van der Waals surface area contributed by atoms with Gasteiger partial charge >= 0.3 is 7.75 Å². The van der Waals surface area contributed by atoms with Gasteiger partial charge in [0.15, 0.2) is 7.28 Å². The highest BCUT2D eigenvalue weighted by molar-refractivity contribution is 7.80. The first-order chi connectivity index (χ1) is 12.1. The molecule has 0 aliphatic rings. The molecule has 0 heterocycles. The lowest BCUT2D eigenvalue weighted by Crippen LogP contribution is -2.19. The molecule has 2 aromatic rings. The van der Waals surface area contributed by atoms with Crippen LogP contribution < -0.4 is 10.6 Å². The van der Waals surface area contributed by atoms with Crippen LogP contribution in [0.2, 0.25) is 0 Å². The largest absolute Gasteiger partial charge is 0.455 e. The molecule has 2 rings (SSSR count). The molecule has 0 bridgehead atoms. The van der Waals surface area contributed by atoms with Gasteiger partial charge in [0.05, 0.1) is 19.8 Å². The second-order valence-corrected chi connectivity index (χ2v) is 9.67. The average Bonchev–Trinajstić information content (AvgIpc) is 2.63. The van der Waals surface area contributed by atoms with Gasteiger partial charge in [-0.05, 0) is 20.8 Å². The van der Waals surface area contributed by atoms with Crippen molar-refractivity contribution in [2.24, 2.45) is 4.52 Å². The molecule has 5 nitrogen and oxygen atoms in total. The Hall–Kier alpha value is -1.22. The second-order valence-electron chi connectivity index (χ2n) is 5.06. The quantitative estimate of drug-likeness (QED) is 0.576. The van der Waals surface area contributed by atoms with Gasteiger partial charge in [-0.1, -0.05) is 60.7 Å². The monoisotopic (exact) mass is 381 g/mol. The fraction of sp³-hybridized carbons (Fsp3) is 0.333. The molecule has 0 radical (unpaired) electrons. The van der Waals surface area contributed by atoms with Crippen molar-refractivity contribution in [1.29, 1.82) is 0 Å². The van der Waals surface area contributed by atoms with Crippen LogP contribution >= 0.6 is 15.0 Å². The van der Waals surface area contributed by atoms with Gasteiger partial charge < -0.3 is 4.52 Å². The molecule has 2 aromatic carbocycles. The van der Waals surface area contributed by atoms with E-state index in [1.54, 1.807) is 13.8 Å². The van der Waals surface area contributed by atoms with Gasteiger partial charge in [0.2, 0.25) is 0 Å². The van der Waals surface area contributed by atoms with Crippen LogP contribution in [0.3, 0.4) is 0 Å². The molecule has 0 atom stereocenters. The Kier molecular flexibility index (Phi) is 7.61. The molecule has 0 spiro atoms. The summed E-state index contributed by atoms with van der Waals surface area (Å²) in [4.78, 5) is 0. The summed E-state index contributed by atoms with van der Waals surface area (Å²) in [5.74, 6) is 0. The maximum absolute atomic E-state index is 13.2. The van der Waals surface area contributed by atoms with Crippen LogP contribution in [-0.2, 0) is 18.1 Å². The van der Waals surface area contributed by atoms with Crippen LogP contribution in [0.5, 0.6) is 0 Å². The number of benzene rings is 2. The summed E-state index contributed by atoms with van der Waals surface area (Å²) in [7, 11) is -6.42. The molecule has 0 saturated heterocycles. The minimum absolute atomic E-state index is 0.247. The summed E-state index contributed by atoms with van der Waals surface area (Å²) in [5.41, 5.74) is 0. The Balaban J connectivity index is 2.78. The van der Waals surface area contributed by atoms with Crippen LogP contribution in [-0.4, -0.2) is 19.8 Å². The van der Waals surface area contributed by atoms with Crippen molar-refractivity contribution in [3.63, 3.8) is 0 Å². The predicted molar refractivity (Wildman–Crippen MR) is 104 cm³/mol. The molecule has 0 saturated carbocycles. The van der Waals surface area contributed by atoms with Gasteiger partial charge in [0.1, 0.15) is 0 Å². The molecule has 0 aromatic heterocycles. The lowest BCUT2D eigenvalue weighted by molar-refractivity contribution is 0.221. The van der Waals surface area contributed by atoms with Crippen molar-refractivity contribution in [3.05, 3.63) is 60.7 Å². The molecule has 0 aliphatic carbocycles. The minimum Gasteiger partial charge on any atom is -0.337 e. The third-order valence-corrected chi connectivity index (χ3v) is 9.03. The predicted octanol–water partition coefficient (Wildman–Crippen LogP) is 4.97. The Morgan fingerprint density at radius 2 is 1.12 bits per heavy atom. The van der Waals surface area contributed by atoms with Gasteiger partial charge in [-0.2, -0.15) is 4.52 Å². The molecule has 0 aliphatic heterocycles. The van der Waals surface area contributed by atoms with Gasteiger partial charge in [0, 0.05) is 10.6 Å². The molecule has 0 fully saturated rings. The van der Waals surface area contributed by atoms with E-state index in [-0.39, 0.29) is 13.2 Å². The topological polar surface area (TPSA) is 57.1 Å². The van der Waals surface area contributed by atoms with Crippen molar-refractivity contribution < 1.29 is 18.1 Å². The molecule has 136 valence electrons. The summed E-state index contributed by atoms with van der Waals surface area (Å²) in [6.45, 7) is 6.37. The maximum atomic E-state index is 13.2. The van der Waals surface area contributed by atoms with Gasteiger partial charge in [-0.25, -0.2) is 4.57 Å². The molecule has 0 amide bonds. The fourth-order valence-electron chi connectivity index (χ4n) is 2.44. The molecule has 0 unspecified atom stereocenters. The summed E-state index contributed by atoms with van der Waals surface area (Å²) in [5, 5.41) is 1.75. The average molecular weight is 381 g/mol. The highest BCUT2D eigenvalue weighted by atomic mass is 31.2. The Bertz CT molecular complexity index is 697. The molecular weight excluding hydrogens is 356 g/mol. The third kappa shape index (κ3) is 4.91. The van der Waals surface area contributed by atoms with Crippen molar-refractivity contribution in [2.75, 3.05) is 19.8 Å². The zero-order chi connectivity index (χ0) is 18.2. The SMILES string of the molecule is CCOP(=O)(N=P(OCC)(c1ccccc1)c1ccccc1)OCC. The Morgan fingerprint density at radius 3 is 1.48 bits per heavy atom. The van der Waals surface area contributed by atoms with Gasteiger partial charge in [-0.15, -0.1) is 0 Å². The Morgan fingerprint density at radius 1 is 0.720 bits per heavy atom. The number of nitrogens with zero attached hydrogens (tertiary/aromatic N) is 1. The van der Waals surface area contributed by atoms with Crippen LogP contribution in [0.1, 0.15) is 20.8 Å². The van der Waals surface area contributed by atoms with E-state index in [9.17, 15) is 4.57 Å². The van der Waals surface area contributed by atoms with Crippen LogP contribution in [0.25, 0.3) is 0 Å². The first kappa shape index (κ1) is 20.1. The van der Waals surface area contributed by atoms with Crippen LogP contribution in [0.15, 0.2) is 65.2 Å². The van der Waals surface area contributed by atoms with E-state index >= 15 is 0 Å². The van der Waals surface area contributed by atoms with Crippen molar-refractivity contribution in [3.8, 4) is 0 Å². The normalized spacial score (nSPS) is 12.1. The van der Waals surface area contributed by atoms with Crippen LogP contribution in [0.4, 0.5) is 0 Å². The van der Waals surface area contributed by atoms with Gasteiger partial charge in [-0.3, -0.25) is 9.05 Å². The van der Waals surface area contributed by atoms with E-state index in [1.165, 1.54) is 0 Å². The highest BCUT2D eigenvalue weighted by Crippen LogP contribution is 2.62. The number of rotatable bonds is 9. The van der Waals surface area contributed by atoms with Crippen LogP contribution in [0, 0.1) is 0 Å². The summed E-state index contributed by atoms with van der Waals surface area (Å²) < 4.78 is 34.9. The highest BCUT2D eigenvalue weighted by Gasteiger charge is 2.33.